The highest BCUT2D eigenvalue weighted by Crippen LogP contribution is 2.29. The summed E-state index contributed by atoms with van der Waals surface area (Å²) in [6.45, 7) is 7.65. The SMILES string of the molecule is CC(C)(C)CC(NCc1cnc[nH]1)c1ccccc1. The van der Waals surface area contributed by atoms with Gasteiger partial charge in [-0.25, -0.2) is 4.98 Å². The van der Waals surface area contributed by atoms with Gasteiger partial charge < -0.3 is 10.3 Å². The van der Waals surface area contributed by atoms with Gasteiger partial charge in [-0.1, -0.05) is 51.1 Å². The number of H-pyrrole nitrogens is 1. The predicted molar refractivity (Wildman–Crippen MR) is 78.7 cm³/mol. The van der Waals surface area contributed by atoms with Gasteiger partial charge in [0.15, 0.2) is 0 Å². The van der Waals surface area contributed by atoms with Crippen LogP contribution >= 0.6 is 0 Å². The lowest BCUT2D eigenvalue weighted by Gasteiger charge is -2.27. The minimum Gasteiger partial charge on any atom is -0.347 e. The summed E-state index contributed by atoms with van der Waals surface area (Å²) >= 11 is 0. The quantitative estimate of drug-likeness (QED) is 0.858. The van der Waals surface area contributed by atoms with E-state index in [9.17, 15) is 0 Å². The maximum atomic E-state index is 4.05. The van der Waals surface area contributed by atoms with E-state index in [4.69, 9.17) is 0 Å². The van der Waals surface area contributed by atoms with Crippen LogP contribution in [0.1, 0.15) is 44.5 Å². The molecule has 19 heavy (non-hydrogen) atoms. The molecule has 1 aromatic carbocycles. The summed E-state index contributed by atoms with van der Waals surface area (Å²) in [7, 11) is 0. The van der Waals surface area contributed by atoms with Crippen LogP contribution in [-0.4, -0.2) is 9.97 Å². The summed E-state index contributed by atoms with van der Waals surface area (Å²) in [5, 5.41) is 3.62. The van der Waals surface area contributed by atoms with Crippen molar-refractivity contribution in [1.29, 1.82) is 0 Å². The first-order chi connectivity index (χ1) is 9.04. The molecule has 102 valence electrons. The molecule has 3 nitrogen and oxygen atoms in total. The third-order valence-electron chi connectivity index (χ3n) is 3.11. The summed E-state index contributed by atoms with van der Waals surface area (Å²) in [4.78, 5) is 7.19. The molecule has 2 aromatic rings. The van der Waals surface area contributed by atoms with Crippen LogP contribution in [0.15, 0.2) is 42.9 Å². The first-order valence-corrected chi connectivity index (χ1v) is 6.80. The van der Waals surface area contributed by atoms with Crippen LogP contribution in [-0.2, 0) is 6.54 Å². The molecule has 0 radical (unpaired) electrons. The van der Waals surface area contributed by atoms with Crippen LogP contribution in [0.4, 0.5) is 0 Å². The molecular formula is C16H23N3. The molecule has 3 heteroatoms. The Hall–Kier alpha value is -1.61. The third kappa shape index (κ3) is 4.52. The standard InChI is InChI=1S/C16H23N3/c1-16(2,3)9-15(13-7-5-4-6-8-13)18-11-14-10-17-12-19-14/h4-8,10,12,15,18H,9,11H2,1-3H3,(H,17,19). The zero-order chi connectivity index (χ0) is 13.7. The second-order valence-corrected chi connectivity index (χ2v) is 6.19. The number of hydrogen-bond donors (Lipinski definition) is 2. The van der Waals surface area contributed by atoms with E-state index in [0.717, 1.165) is 18.7 Å². The molecule has 0 saturated heterocycles. The number of imidazole rings is 1. The Morgan fingerprint density at radius 1 is 1.21 bits per heavy atom. The van der Waals surface area contributed by atoms with Gasteiger partial charge in [-0.2, -0.15) is 0 Å². The van der Waals surface area contributed by atoms with Crippen molar-refractivity contribution in [3.63, 3.8) is 0 Å². The van der Waals surface area contributed by atoms with Gasteiger partial charge in [0.05, 0.1) is 6.33 Å². The van der Waals surface area contributed by atoms with Crippen molar-refractivity contribution in [3.8, 4) is 0 Å². The van der Waals surface area contributed by atoms with Crippen molar-refractivity contribution < 1.29 is 0 Å². The average Bonchev–Trinajstić information content (AvgIpc) is 2.87. The summed E-state index contributed by atoms with van der Waals surface area (Å²) < 4.78 is 0. The molecule has 1 unspecified atom stereocenters. The van der Waals surface area contributed by atoms with Crippen molar-refractivity contribution in [2.45, 2.75) is 39.8 Å². The summed E-state index contributed by atoms with van der Waals surface area (Å²) in [5.41, 5.74) is 2.76. The Morgan fingerprint density at radius 3 is 2.53 bits per heavy atom. The fraction of sp³-hybridized carbons (Fsp3) is 0.438. The van der Waals surface area contributed by atoms with Crippen LogP contribution in [0, 0.1) is 5.41 Å². The fourth-order valence-electron chi connectivity index (χ4n) is 2.22. The molecule has 2 N–H and O–H groups in total. The molecule has 1 atom stereocenters. The van der Waals surface area contributed by atoms with E-state index in [1.54, 1.807) is 6.33 Å². The van der Waals surface area contributed by atoms with Gasteiger partial charge in [-0.3, -0.25) is 0 Å². The topological polar surface area (TPSA) is 40.7 Å². The van der Waals surface area contributed by atoms with Crippen LogP contribution < -0.4 is 5.32 Å². The molecule has 0 bridgehead atoms. The molecule has 0 fully saturated rings. The maximum Gasteiger partial charge on any atom is 0.0922 e. The van der Waals surface area contributed by atoms with Gasteiger partial charge >= 0.3 is 0 Å². The molecular weight excluding hydrogens is 234 g/mol. The first-order valence-electron chi connectivity index (χ1n) is 6.80. The van der Waals surface area contributed by atoms with Crippen molar-refractivity contribution >= 4 is 0 Å². The highest BCUT2D eigenvalue weighted by atomic mass is 15.0. The van der Waals surface area contributed by atoms with Gasteiger partial charge in [-0.15, -0.1) is 0 Å². The molecule has 0 saturated carbocycles. The van der Waals surface area contributed by atoms with E-state index in [2.05, 4.69) is 66.4 Å². The smallest absolute Gasteiger partial charge is 0.0922 e. The van der Waals surface area contributed by atoms with E-state index >= 15 is 0 Å². The Labute approximate surface area is 115 Å². The van der Waals surface area contributed by atoms with E-state index in [1.165, 1.54) is 5.56 Å². The van der Waals surface area contributed by atoms with Crippen LogP contribution in [0.3, 0.4) is 0 Å². The maximum absolute atomic E-state index is 4.05. The number of aromatic amines is 1. The highest BCUT2D eigenvalue weighted by Gasteiger charge is 2.19. The lowest BCUT2D eigenvalue weighted by molar-refractivity contribution is 0.309. The lowest BCUT2D eigenvalue weighted by atomic mass is 9.85. The van der Waals surface area contributed by atoms with Crippen molar-refractivity contribution in [1.82, 2.24) is 15.3 Å². The monoisotopic (exact) mass is 257 g/mol. The largest absolute Gasteiger partial charge is 0.347 e. The van der Waals surface area contributed by atoms with E-state index in [-0.39, 0.29) is 0 Å². The Bertz CT molecular complexity index is 468. The number of nitrogens with zero attached hydrogens (tertiary/aromatic N) is 1. The molecule has 0 aliphatic heterocycles. The van der Waals surface area contributed by atoms with Crippen molar-refractivity contribution in [2.24, 2.45) is 5.41 Å². The summed E-state index contributed by atoms with van der Waals surface area (Å²) in [6, 6.07) is 11.0. The second kappa shape index (κ2) is 6.02. The molecule has 0 aliphatic rings. The number of aromatic nitrogens is 2. The average molecular weight is 257 g/mol. The van der Waals surface area contributed by atoms with Crippen molar-refractivity contribution in [2.75, 3.05) is 0 Å². The molecule has 2 rings (SSSR count). The number of benzene rings is 1. The van der Waals surface area contributed by atoms with Crippen molar-refractivity contribution in [3.05, 3.63) is 54.1 Å². The van der Waals surface area contributed by atoms with Gasteiger partial charge in [0.1, 0.15) is 0 Å². The predicted octanol–water partition coefficient (Wildman–Crippen LogP) is 3.68. The van der Waals surface area contributed by atoms with E-state index in [0.29, 0.717) is 11.5 Å². The zero-order valence-electron chi connectivity index (χ0n) is 12.0. The van der Waals surface area contributed by atoms with Gasteiger partial charge in [0.2, 0.25) is 0 Å². The first kappa shape index (κ1) is 13.8. The Kier molecular flexibility index (Phi) is 4.38. The van der Waals surface area contributed by atoms with Crippen LogP contribution in [0.2, 0.25) is 0 Å². The Morgan fingerprint density at radius 2 is 1.95 bits per heavy atom. The van der Waals surface area contributed by atoms with Gasteiger partial charge in [0.25, 0.3) is 0 Å². The van der Waals surface area contributed by atoms with Gasteiger partial charge in [0, 0.05) is 24.5 Å². The highest BCUT2D eigenvalue weighted by molar-refractivity contribution is 5.19. The van der Waals surface area contributed by atoms with E-state index in [1.807, 2.05) is 6.20 Å². The fourth-order valence-corrected chi connectivity index (χ4v) is 2.22. The minimum atomic E-state index is 0.293. The van der Waals surface area contributed by atoms with Crippen LogP contribution in [0.25, 0.3) is 0 Å². The molecule has 0 aliphatic carbocycles. The third-order valence-corrected chi connectivity index (χ3v) is 3.11. The molecule has 1 aromatic heterocycles. The number of hydrogen-bond acceptors (Lipinski definition) is 2. The zero-order valence-corrected chi connectivity index (χ0v) is 12.0. The van der Waals surface area contributed by atoms with Gasteiger partial charge in [-0.05, 0) is 17.4 Å². The van der Waals surface area contributed by atoms with E-state index < -0.39 is 0 Å². The number of nitrogens with one attached hydrogen (secondary N) is 2. The molecule has 1 heterocycles. The molecule has 0 amide bonds. The lowest BCUT2D eigenvalue weighted by Crippen LogP contribution is -2.25. The van der Waals surface area contributed by atoms with Crippen LogP contribution in [0.5, 0.6) is 0 Å². The normalized spacial score (nSPS) is 13.4. The summed E-state index contributed by atoms with van der Waals surface area (Å²) in [6.07, 6.45) is 4.69. The minimum absolute atomic E-state index is 0.293. The number of rotatable bonds is 5. The molecule has 0 spiro atoms. The Balaban J connectivity index is 2.06. The summed E-state index contributed by atoms with van der Waals surface area (Å²) in [5.74, 6) is 0. The second-order valence-electron chi connectivity index (χ2n) is 6.19.